The van der Waals surface area contributed by atoms with Crippen LogP contribution >= 0.6 is 0 Å². The fraction of sp³-hybridized carbons (Fsp3) is 0.429. The van der Waals surface area contributed by atoms with E-state index in [9.17, 15) is 22.8 Å². The van der Waals surface area contributed by atoms with Crippen molar-refractivity contribution in [1.82, 2.24) is 0 Å². The lowest BCUT2D eigenvalue weighted by molar-refractivity contribution is -0.137. The van der Waals surface area contributed by atoms with Crippen molar-refractivity contribution >= 4 is 17.4 Å². The van der Waals surface area contributed by atoms with E-state index in [0.29, 0.717) is 0 Å². The Kier molecular flexibility index (Phi) is 4.04. The van der Waals surface area contributed by atoms with E-state index in [4.69, 9.17) is 4.74 Å². The topological polar surface area (TPSA) is 46.6 Å². The van der Waals surface area contributed by atoms with E-state index >= 15 is 0 Å². The number of carbonyl (C=O) groups is 2. The number of ketones is 1. The van der Waals surface area contributed by atoms with Gasteiger partial charge in [-0.1, -0.05) is 0 Å². The molecule has 0 atom stereocenters. The number of alkyl halides is 3. The third-order valence-electron chi connectivity index (χ3n) is 3.06. The molecule has 7 heteroatoms. The van der Waals surface area contributed by atoms with E-state index in [1.54, 1.807) is 0 Å². The van der Waals surface area contributed by atoms with Crippen molar-refractivity contribution in [2.75, 3.05) is 18.1 Å². The maximum atomic E-state index is 12.6. The van der Waals surface area contributed by atoms with E-state index in [1.165, 1.54) is 0 Å². The number of hydrogen-bond acceptors (Lipinski definition) is 3. The van der Waals surface area contributed by atoms with Crippen LogP contribution in [0.5, 0.6) is 0 Å². The first-order valence-electron chi connectivity index (χ1n) is 6.41. The molecule has 0 bridgehead atoms. The second-order valence-electron chi connectivity index (χ2n) is 4.94. The molecule has 1 aromatic rings. The number of anilines is 1. The van der Waals surface area contributed by atoms with Crippen LogP contribution in [0.15, 0.2) is 18.2 Å². The molecule has 0 spiro atoms. The molecule has 0 radical (unpaired) electrons. The van der Waals surface area contributed by atoms with E-state index < -0.39 is 23.4 Å². The molecule has 1 heterocycles. The second-order valence-corrected chi connectivity index (χ2v) is 4.94. The van der Waals surface area contributed by atoms with E-state index in [1.807, 2.05) is 13.8 Å². The van der Waals surface area contributed by atoms with Gasteiger partial charge in [0, 0.05) is 6.54 Å². The first-order valence-corrected chi connectivity index (χ1v) is 6.41. The highest BCUT2D eigenvalue weighted by Gasteiger charge is 2.39. The monoisotopic (exact) mass is 301 g/mol. The Bertz CT molecular complexity index is 581. The van der Waals surface area contributed by atoms with E-state index in [-0.39, 0.29) is 30.5 Å². The minimum Gasteiger partial charge on any atom is -0.377 e. The Morgan fingerprint density at radius 1 is 1.24 bits per heavy atom. The van der Waals surface area contributed by atoms with Crippen molar-refractivity contribution in [2.24, 2.45) is 0 Å². The molecular formula is C14H14F3NO3. The molecule has 1 aliphatic rings. The summed E-state index contributed by atoms with van der Waals surface area (Å²) in [5.74, 6) is -1.74. The summed E-state index contributed by atoms with van der Waals surface area (Å²) >= 11 is 0. The molecule has 0 fully saturated rings. The predicted octanol–water partition coefficient (Wildman–Crippen LogP) is 2.66. The van der Waals surface area contributed by atoms with Crippen LogP contribution in [0.1, 0.15) is 29.8 Å². The van der Waals surface area contributed by atoms with Gasteiger partial charge in [-0.2, -0.15) is 13.2 Å². The van der Waals surface area contributed by atoms with Crippen LogP contribution in [0, 0.1) is 0 Å². The molecule has 4 nitrogen and oxygen atoms in total. The average molecular weight is 301 g/mol. The van der Waals surface area contributed by atoms with Gasteiger partial charge in [-0.05, 0) is 32.0 Å². The largest absolute Gasteiger partial charge is 0.416 e. The van der Waals surface area contributed by atoms with Gasteiger partial charge in [0.25, 0.3) is 11.7 Å². The Morgan fingerprint density at radius 2 is 1.90 bits per heavy atom. The molecule has 1 aromatic carbocycles. The predicted molar refractivity (Wildman–Crippen MR) is 69.2 cm³/mol. The quantitative estimate of drug-likeness (QED) is 0.803. The average Bonchev–Trinajstić information content (AvgIpc) is 2.62. The van der Waals surface area contributed by atoms with Crippen molar-refractivity contribution in [3.8, 4) is 0 Å². The summed E-state index contributed by atoms with van der Waals surface area (Å²) in [6.45, 7) is 3.97. The zero-order chi connectivity index (χ0) is 15.8. The zero-order valence-electron chi connectivity index (χ0n) is 11.5. The van der Waals surface area contributed by atoms with Gasteiger partial charge in [0.1, 0.15) is 0 Å². The van der Waals surface area contributed by atoms with Crippen molar-refractivity contribution in [1.29, 1.82) is 0 Å². The van der Waals surface area contributed by atoms with Crippen LogP contribution in [0.3, 0.4) is 0 Å². The number of ether oxygens (including phenoxy) is 1. The van der Waals surface area contributed by atoms with Gasteiger partial charge >= 0.3 is 6.18 Å². The number of nitrogens with zero attached hydrogens (tertiary/aromatic N) is 1. The number of rotatable bonds is 4. The van der Waals surface area contributed by atoms with Crippen LogP contribution in [-0.4, -0.2) is 30.9 Å². The van der Waals surface area contributed by atoms with Crippen LogP contribution in [0.2, 0.25) is 0 Å². The van der Waals surface area contributed by atoms with Gasteiger partial charge in [0.05, 0.1) is 29.5 Å². The van der Waals surface area contributed by atoms with Crippen LogP contribution < -0.4 is 4.90 Å². The number of hydrogen-bond donors (Lipinski definition) is 0. The summed E-state index contributed by atoms with van der Waals surface area (Å²) in [6.07, 6.45) is -4.59. The van der Waals surface area contributed by atoms with Gasteiger partial charge in [0.2, 0.25) is 0 Å². The highest BCUT2D eigenvalue weighted by molar-refractivity contribution is 6.52. The number of fused-ring (bicyclic) bond motifs is 1. The first-order chi connectivity index (χ1) is 9.71. The summed E-state index contributed by atoms with van der Waals surface area (Å²) in [6, 6.07) is 2.73. The molecule has 0 N–H and O–H groups in total. The molecule has 0 saturated carbocycles. The Balaban J connectivity index is 2.26. The zero-order valence-corrected chi connectivity index (χ0v) is 11.5. The van der Waals surface area contributed by atoms with Gasteiger partial charge in [-0.15, -0.1) is 0 Å². The second kappa shape index (κ2) is 5.48. The van der Waals surface area contributed by atoms with Gasteiger partial charge in [0.15, 0.2) is 0 Å². The number of Topliss-reactive ketones (excluding diaryl/α,β-unsaturated/α-hetero) is 1. The van der Waals surface area contributed by atoms with Crippen molar-refractivity contribution in [3.63, 3.8) is 0 Å². The lowest BCUT2D eigenvalue weighted by Gasteiger charge is -2.18. The Hall–Kier alpha value is -1.89. The fourth-order valence-corrected chi connectivity index (χ4v) is 2.08. The SMILES string of the molecule is CC(C)OCCN1C(=O)C(=O)c2cc(C(F)(F)F)ccc21. The standard InChI is InChI=1S/C14H14F3NO3/c1-8(2)21-6-5-18-11-4-3-9(14(15,16)17)7-10(11)12(19)13(18)20/h3-4,7-8H,5-6H2,1-2H3. The molecule has 1 amide bonds. The normalized spacial score (nSPS) is 15.0. The number of halogens is 3. The van der Waals surface area contributed by atoms with Crippen LogP contribution in [0.4, 0.5) is 18.9 Å². The number of amides is 1. The summed E-state index contributed by atoms with van der Waals surface area (Å²) in [7, 11) is 0. The molecule has 0 saturated heterocycles. The molecule has 0 aromatic heterocycles. The fourth-order valence-electron chi connectivity index (χ4n) is 2.08. The van der Waals surface area contributed by atoms with Gasteiger partial charge in [-0.25, -0.2) is 0 Å². The van der Waals surface area contributed by atoms with Gasteiger partial charge < -0.3 is 9.64 Å². The first kappa shape index (κ1) is 15.5. The van der Waals surface area contributed by atoms with Crippen molar-refractivity contribution < 1.29 is 27.5 Å². The Labute approximate surface area is 119 Å². The van der Waals surface area contributed by atoms with E-state index in [2.05, 4.69) is 0 Å². The highest BCUT2D eigenvalue weighted by atomic mass is 19.4. The smallest absolute Gasteiger partial charge is 0.377 e. The molecule has 0 unspecified atom stereocenters. The van der Waals surface area contributed by atoms with Crippen molar-refractivity contribution in [2.45, 2.75) is 26.1 Å². The third kappa shape index (κ3) is 3.07. The Morgan fingerprint density at radius 3 is 2.48 bits per heavy atom. The lowest BCUT2D eigenvalue weighted by atomic mass is 10.1. The summed E-state index contributed by atoms with van der Waals surface area (Å²) in [4.78, 5) is 24.8. The third-order valence-corrected chi connectivity index (χ3v) is 3.06. The van der Waals surface area contributed by atoms with Crippen molar-refractivity contribution in [3.05, 3.63) is 29.3 Å². The van der Waals surface area contributed by atoms with Gasteiger partial charge in [-0.3, -0.25) is 9.59 Å². The highest BCUT2D eigenvalue weighted by Crippen LogP contribution is 2.35. The summed E-state index contributed by atoms with van der Waals surface area (Å²) in [5, 5.41) is 0. The molecular weight excluding hydrogens is 287 g/mol. The molecule has 2 rings (SSSR count). The maximum Gasteiger partial charge on any atom is 0.416 e. The lowest BCUT2D eigenvalue weighted by Crippen LogP contribution is -2.33. The maximum absolute atomic E-state index is 12.6. The summed E-state index contributed by atoms with van der Waals surface area (Å²) in [5.41, 5.74) is -0.951. The molecule has 0 aliphatic carbocycles. The molecule has 1 aliphatic heterocycles. The minimum atomic E-state index is -4.55. The molecule has 21 heavy (non-hydrogen) atoms. The number of carbonyl (C=O) groups excluding carboxylic acids is 2. The van der Waals surface area contributed by atoms with Crippen LogP contribution in [-0.2, 0) is 15.7 Å². The van der Waals surface area contributed by atoms with Crippen LogP contribution in [0.25, 0.3) is 0 Å². The number of benzene rings is 1. The van der Waals surface area contributed by atoms with E-state index in [0.717, 1.165) is 23.1 Å². The minimum absolute atomic E-state index is 0.0366. The summed E-state index contributed by atoms with van der Waals surface area (Å²) < 4.78 is 43.2. The molecule has 114 valence electrons.